The van der Waals surface area contributed by atoms with Crippen molar-refractivity contribution in [3.63, 3.8) is 0 Å². The minimum absolute atomic E-state index is 0.0516. The number of anilines is 3. The highest BCUT2D eigenvalue weighted by molar-refractivity contribution is 7.99. The van der Waals surface area contributed by atoms with Crippen LogP contribution in [0.2, 0.25) is 0 Å². The lowest BCUT2D eigenvalue weighted by Gasteiger charge is -2.09. The van der Waals surface area contributed by atoms with E-state index in [9.17, 15) is 4.79 Å². The van der Waals surface area contributed by atoms with Crippen LogP contribution in [0.15, 0.2) is 59.5 Å². The van der Waals surface area contributed by atoms with Crippen molar-refractivity contribution in [3.05, 3.63) is 66.0 Å². The number of aromatic nitrogens is 3. The summed E-state index contributed by atoms with van der Waals surface area (Å²) in [5.74, 6) is 1.01. The van der Waals surface area contributed by atoms with Gasteiger partial charge in [0.2, 0.25) is 11.9 Å². The number of para-hydroxylation sites is 1. The van der Waals surface area contributed by atoms with Crippen molar-refractivity contribution in [3.8, 4) is 0 Å². The van der Waals surface area contributed by atoms with Gasteiger partial charge in [-0.15, -0.1) is 11.8 Å². The van der Waals surface area contributed by atoms with Crippen LogP contribution in [-0.4, -0.2) is 26.7 Å². The summed E-state index contributed by atoms with van der Waals surface area (Å²) in [5, 5.41) is 3.11. The number of nitrogens with two attached hydrogens (primary N) is 1. The molecule has 28 heavy (non-hydrogen) atoms. The average Bonchev–Trinajstić information content (AvgIpc) is 2.69. The van der Waals surface area contributed by atoms with E-state index in [-0.39, 0.29) is 18.5 Å². The second kappa shape index (κ2) is 9.70. The van der Waals surface area contributed by atoms with Crippen LogP contribution >= 0.6 is 11.8 Å². The number of aryl methyl sites for hydroxylation is 1. The topological polar surface area (TPSA) is 103 Å². The van der Waals surface area contributed by atoms with Crippen LogP contribution < -0.4 is 11.1 Å². The molecule has 0 aliphatic heterocycles. The average molecular weight is 395 g/mol. The molecule has 0 saturated heterocycles. The van der Waals surface area contributed by atoms with Crippen LogP contribution in [0.5, 0.6) is 0 Å². The van der Waals surface area contributed by atoms with E-state index in [0.29, 0.717) is 23.9 Å². The zero-order chi connectivity index (χ0) is 19.8. The molecule has 0 fully saturated rings. The van der Waals surface area contributed by atoms with Crippen molar-refractivity contribution >= 4 is 35.3 Å². The summed E-state index contributed by atoms with van der Waals surface area (Å²) in [7, 11) is 0. The number of carbonyl (C=O) groups excluding carboxylic acids is 1. The summed E-state index contributed by atoms with van der Waals surface area (Å²) in [6.45, 7) is 1.92. The first-order chi connectivity index (χ1) is 13.6. The fourth-order valence-electron chi connectivity index (χ4n) is 2.38. The molecule has 0 aliphatic carbocycles. The van der Waals surface area contributed by atoms with Crippen molar-refractivity contribution in [2.75, 3.05) is 16.8 Å². The van der Waals surface area contributed by atoms with Gasteiger partial charge in [-0.2, -0.15) is 15.0 Å². The van der Waals surface area contributed by atoms with Gasteiger partial charge in [-0.25, -0.2) is 0 Å². The molecule has 0 saturated carbocycles. The van der Waals surface area contributed by atoms with Crippen LogP contribution in [0.3, 0.4) is 0 Å². The summed E-state index contributed by atoms with van der Waals surface area (Å²) in [6, 6.07) is 17.7. The van der Waals surface area contributed by atoms with E-state index >= 15 is 0 Å². The third kappa shape index (κ3) is 5.95. The van der Waals surface area contributed by atoms with Gasteiger partial charge in [-0.1, -0.05) is 36.4 Å². The van der Waals surface area contributed by atoms with Crippen molar-refractivity contribution < 1.29 is 9.53 Å². The highest BCUT2D eigenvalue weighted by Crippen LogP contribution is 2.19. The molecule has 8 heteroatoms. The van der Waals surface area contributed by atoms with Crippen molar-refractivity contribution in [1.82, 2.24) is 15.0 Å². The number of rotatable bonds is 8. The zero-order valence-corrected chi connectivity index (χ0v) is 16.3. The predicted octanol–water partition coefficient (Wildman–Crippen LogP) is 3.73. The highest BCUT2D eigenvalue weighted by atomic mass is 32.2. The molecule has 0 radical (unpaired) electrons. The maximum absolute atomic E-state index is 12.0. The van der Waals surface area contributed by atoms with E-state index in [1.807, 2.05) is 61.5 Å². The van der Waals surface area contributed by atoms with E-state index in [4.69, 9.17) is 10.5 Å². The Morgan fingerprint density at radius 3 is 2.61 bits per heavy atom. The second-order valence-electron chi connectivity index (χ2n) is 5.95. The first kappa shape index (κ1) is 19.6. The van der Waals surface area contributed by atoms with Crippen LogP contribution in [0.25, 0.3) is 0 Å². The molecule has 0 atom stereocenters. The molecule has 3 rings (SSSR count). The minimum Gasteiger partial charge on any atom is -0.457 e. The highest BCUT2D eigenvalue weighted by Gasteiger charge is 2.09. The summed E-state index contributed by atoms with van der Waals surface area (Å²) < 4.78 is 5.26. The van der Waals surface area contributed by atoms with E-state index in [2.05, 4.69) is 20.3 Å². The molecule has 3 N–H and O–H groups in total. The molecule has 7 nitrogen and oxygen atoms in total. The summed E-state index contributed by atoms with van der Waals surface area (Å²) >= 11 is 1.61. The van der Waals surface area contributed by atoms with Crippen LogP contribution in [0.1, 0.15) is 17.8 Å². The van der Waals surface area contributed by atoms with E-state index in [0.717, 1.165) is 16.1 Å². The van der Waals surface area contributed by atoms with Gasteiger partial charge in [0.15, 0.2) is 12.4 Å². The van der Waals surface area contributed by atoms with Gasteiger partial charge < -0.3 is 15.8 Å². The van der Waals surface area contributed by atoms with Crippen LogP contribution in [-0.2, 0) is 16.1 Å². The molecule has 144 valence electrons. The minimum atomic E-state index is -0.309. The number of ether oxygens (including phenoxy) is 1. The molecule has 0 amide bonds. The van der Waals surface area contributed by atoms with Crippen LogP contribution in [0, 0.1) is 6.92 Å². The Morgan fingerprint density at radius 2 is 1.82 bits per heavy atom. The maximum atomic E-state index is 12.0. The first-order valence-electron chi connectivity index (χ1n) is 8.77. The van der Waals surface area contributed by atoms with Gasteiger partial charge >= 0.3 is 5.97 Å². The Hall–Kier alpha value is -3.13. The molecule has 0 unspecified atom stereocenters. The smallest absolute Gasteiger partial charge is 0.307 e. The normalized spacial score (nSPS) is 10.5. The quantitative estimate of drug-likeness (QED) is 0.439. The summed E-state index contributed by atoms with van der Waals surface area (Å²) in [4.78, 5) is 25.5. The van der Waals surface area contributed by atoms with Gasteiger partial charge in [0.25, 0.3) is 0 Å². The van der Waals surface area contributed by atoms with Crippen LogP contribution in [0.4, 0.5) is 17.6 Å². The lowest BCUT2D eigenvalue weighted by atomic mass is 10.2. The predicted molar refractivity (Wildman–Crippen MR) is 110 cm³/mol. The van der Waals surface area contributed by atoms with Gasteiger partial charge in [0.1, 0.15) is 0 Å². The number of nitrogens with zero attached hydrogens (tertiary/aromatic N) is 3. The number of esters is 1. The maximum Gasteiger partial charge on any atom is 0.307 e. The lowest BCUT2D eigenvalue weighted by Crippen LogP contribution is -2.11. The van der Waals surface area contributed by atoms with Crippen molar-refractivity contribution in [1.29, 1.82) is 0 Å². The number of benzene rings is 2. The summed E-state index contributed by atoms with van der Waals surface area (Å²) in [6.07, 6.45) is 0.300. The lowest BCUT2D eigenvalue weighted by molar-refractivity contribution is -0.144. The summed E-state index contributed by atoms with van der Waals surface area (Å²) in [5.41, 5.74) is 7.67. The van der Waals surface area contributed by atoms with Crippen molar-refractivity contribution in [2.24, 2.45) is 0 Å². The zero-order valence-electron chi connectivity index (χ0n) is 15.5. The van der Waals surface area contributed by atoms with Gasteiger partial charge in [0.05, 0.1) is 6.42 Å². The van der Waals surface area contributed by atoms with E-state index < -0.39 is 0 Å². The number of nitrogen functional groups attached to an aromatic ring is 1. The molecule has 0 aliphatic rings. The second-order valence-corrected chi connectivity index (χ2v) is 7.11. The van der Waals surface area contributed by atoms with E-state index in [1.54, 1.807) is 11.8 Å². The molecule has 3 aromatic rings. The molecule has 0 spiro atoms. The molecule has 0 bridgehead atoms. The molecule has 1 aromatic heterocycles. The van der Waals surface area contributed by atoms with Gasteiger partial charge in [-0.3, -0.25) is 4.79 Å². The Morgan fingerprint density at radius 1 is 1.07 bits per heavy atom. The van der Waals surface area contributed by atoms with E-state index in [1.165, 1.54) is 0 Å². The number of hydrogen-bond donors (Lipinski definition) is 2. The monoisotopic (exact) mass is 395 g/mol. The number of thioether (sulfide) groups is 1. The van der Waals surface area contributed by atoms with Gasteiger partial charge in [0, 0.05) is 16.3 Å². The number of carbonyl (C=O) groups is 1. The molecular formula is C20H21N5O2S. The third-order valence-corrected chi connectivity index (χ3v) is 4.78. The molecule has 1 heterocycles. The Kier molecular flexibility index (Phi) is 6.80. The SMILES string of the molecule is Cc1ccccc1Nc1nc(N)nc(COC(=O)CCSc2ccccc2)n1. The van der Waals surface area contributed by atoms with Gasteiger partial charge in [-0.05, 0) is 30.7 Å². The first-order valence-corrected chi connectivity index (χ1v) is 9.75. The largest absolute Gasteiger partial charge is 0.457 e. The number of nitrogens with one attached hydrogen (secondary N) is 1. The molecular weight excluding hydrogens is 374 g/mol. The number of hydrogen-bond acceptors (Lipinski definition) is 8. The standard InChI is InChI=1S/C20H21N5O2S/c1-14-7-5-6-10-16(14)22-20-24-17(23-19(21)25-20)13-27-18(26)11-12-28-15-8-3-2-4-9-15/h2-10H,11-13H2,1H3,(H3,21,22,23,24,25). The fraction of sp³-hybridized carbons (Fsp3) is 0.200. The Labute approximate surface area is 167 Å². The Bertz CT molecular complexity index is 937. The Balaban J connectivity index is 1.52. The van der Waals surface area contributed by atoms with Crippen molar-refractivity contribution in [2.45, 2.75) is 24.8 Å². The molecule has 2 aromatic carbocycles. The fourth-order valence-corrected chi connectivity index (χ4v) is 3.23. The third-order valence-electron chi connectivity index (χ3n) is 3.77.